The molecule has 0 aliphatic carbocycles. The Morgan fingerprint density at radius 1 is 1.07 bits per heavy atom. The number of benzene rings is 2. The number of halogens is 1. The Morgan fingerprint density at radius 2 is 1.89 bits per heavy atom. The third-order valence-electron chi connectivity index (χ3n) is 4.17. The fourth-order valence-electron chi connectivity index (χ4n) is 2.70. The van der Waals surface area contributed by atoms with Crippen LogP contribution in [0, 0.1) is 19.7 Å². The summed E-state index contributed by atoms with van der Waals surface area (Å²) < 4.78 is 13.6. The van der Waals surface area contributed by atoms with Crippen molar-refractivity contribution < 1.29 is 9.18 Å². The van der Waals surface area contributed by atoms with Crippen molar-refractivity contribution in [2.24, 2.45) is 0 Å². The van der Waals surface area contributed by atoms with Crippen LogP contribution in [-0.2, 0) is 6.42 Å². The van der Waals surface area contributed by atoms with E-state index in [4.69, 9.17) is 0 Å². The Balaban J connectivity index is 1.56. The predicted octanol–water partition coefficient (Wildman–Crippen LogP) is 3.95. The highest BCUT2D eigenvalue weighted by atomic mass is 19.1. The molecule has 6 heteroatoms. The molecule has 0 saturated carbocycles. The second kappa shape index (κ2) is 8.40. The van der Waals surface area contributed by atoms with E-state index in [1.54, 1.807) is 18.2 Å². The number of hydrogen-bond donors (Lipinski definition) is 2. The van der Waals surface area contributed by atoms with Crippen molar-refractivity contribution in [1.82, 2.24) is 15.3 Å². The number of carbonyl (C=O) groups excluding carboxylic acids is 1. The van der Waals surface area contributed by atoms with Crippen molar-refractivity contribution in [2.75, 3.05) is 11.9 Å². The van der Waals surface area contributed by atoms with Gasteiger partial charge < -0.3 is 10.6 Å². The van der Waals surface area contributed by atoms with Crippen LogP contribution in [0.2, 0.25) is 0 Å². The van der Waals surface area contributed by atoms with E-state index in [0.29, 0.717) is 24.3 Å². The summed E-state index contributed by atoms with van der Waals surface area (Å²) in [4.78, 5) is 20.6. The van der Waals surface area contributed by atoms with Crippen LogP contribution >= 0.6 is 0 Å². The van der Waals surface area contributed by atoms with Crippen molar-refractivity contribution in [1.29, 1.82) is 0 Å². The molecule has 2 aromatic carbocycles. The molecule has 3 aromatic rings. The molecule has 0 atom stereocenters. The van der Waals surface area contributed by atoms with E-state index < -0.39 is 0 Å². The minimum absolute atomic E-state index is 0.217. The van der Waals surface area contributed by atoms with Gasteiger partial charge in [0.05, 0.1) is 12.4 Å². The fourth-order valence-corrected chi connectivity index (χ4v) is 2.70. The minimum Gasteiger partial charge on any atom is -0.350 e. The molecule has 0 saturated heterocycles. The van der Waals surface area contributed by atoms with Gasteiger partial charge in [0.1, 0.15) is 17.3 Å². The van der Waals surface area contributed by atoms with Crippen LogP contribution in [0.5, 0.6) is 0 Å². The average molecular weight is 364 g/mol. The maximum absolute atomic E-state index is 13.6. The van der Waals surface area contributed by atoms with E-state index in [2.05, 4.69) is 26.7 Å². The summed E-state index contributed by atoms with van der Waals surface area (Å²) in [6.07, 6.45) is 3.35. The van der Waals surface area contributed by atoms with Gasteiger partial charge in [0.2, 0.25) is 0 Å². The largest absolute Gasteiger partial charge is 0.350 e. The van der Waals surface area contributed by atoms with Gasteiger partial charge in [0.25, 0.3) is 5.91 Å². The predicted molar refractivity (Wildman–Crippen MR) is 104 cm³/mol. The van der Waals surface area contributed by atoms with Crippen molar-refractivity contribution >= 4 is 17.4 Å². The number of hydrogen-bond acceptors (Lipinski definition) is 4. The molecule has 0 aliphatic rings. The second-order valence-electron chi connectivity index (χ2n) is 6.33. The van der Waals surface area contributed by atoms with Gasteiger partial charge in [-0.1, -0.05) is 35.9 Å². The van der Waals surface area contributed by atoms with E-state index in [1.807, 2.05) is 26.0 Å². The van der Waals surface area contributed by atoms with Gasteiger partial charge >= 0.3 is 0 Å². The van der Waals surface area contributed by atoms with E-state index in [9.17, 15) is 9.18 Å². The molecule has 0 spiro atoms. The first-order valence-corrected chi connectivity index (χ1v) is 8.71. The third kappa shape index (κ3) is 4.88. The van der Waals surface area contributed by atoms with Crippen molar-refractivity contribution in [3.05, 3.63) is 83.1 Å². The molecular weight excluding hydrogens is 343 g/mol. The normalized spacial score (nSPS) is 10.5. The molecule has 1 amide bonds. The molecule has 27 heavy (non-hydrogen) atoms. The second-order valence-corrected chi connectivity index (χ2v) is 6.33. The summed E-state index contributed by atoms with van der Waals surface area (Å²) >= 11 is 0. The minimum atomic E-state index is -0.336. The molecule has 3 rings (SSSR count). The highest BCUT2D eigenvalue weighted by molar-refractivity contribution is 5.92. The third-order valence-corrected chi connectivity index (χ3v) is 4.17. The number of nitrogens with one attached hydrogen (secondary N) is 2. The summed E-state index contributed by atoms with van der Waals surface area (Å²) in [7, 11) is 0. The maximum Gasteiger partial charge on any atom is 0.271 e. The zero-order valence-electron chi connectivity index (χ0n) is 15.3. The zero-order chi connectivity index (χ0) is 19.2. The highest BCUT2D eigenvalue weighted by Gasteiger charge is 2.09. The van der Waals surface area contributed by atoms with Crippen molar-refractivity contribution in [2.45, 2.75) is 20.3 Å². The number of anilines is 2. The number of rotatable bonds is 6. The van der Waals surface area contributed by atoms with Gasteiger partial charge in [-0.2, -0.15) is 0 Å². The standard InChI is InChI=1S/C21H21FN4O/c1-14-7-8-18(15(2)11-14)26-20-13-24-19(12-25-20)21(27)23-10-9-16-5-3-4-6-17(16)22/h3-8,11-13H,9-10H2,1-2H3,(H,23,27)(H,25,26). The van der Waals surface area contributed by atoms with Gasteiger partial charge in [-0.3, -0.25) is 4.79 Å². The first-order valence-electron chi connectivity index (χ1n) is 8.71. The highest BCUT2D eigenvalue weighted by Crippen LogP contribution is 2.19. The lowest BCUT2D eigenvalue weighted by molar-refractivity contribution is 0.0948. The van der Waals surface area contributed by atoms with Crippen LogP contribution in [0.3, 0.4) is 0 Å². The first kappa shape index (κ1) is 18.5. The van der Waals surface area contributed by atoms with Crippen LogP contribution in [0.25, 0.3) is 0 Å². The van der Waals surface area contributed by atoms with Crippen LogP contribution < -0.4 is 10.6 Å². The Labute approximate surface area is 157 Å². The van der Waals surface area contributed by atoms with E-state index in [-0.39, 0.29) is 17.4 Å². The number of nitrogens with zero attached hydrogens (tertiary/aromatic N) is 2. The SMILES string of the molecule is Cc1ccc(Nc2cnc(C(=O)NCCc3ccccc3F)cn2)c(C)c1. The van der Waals surface area contributed by atoms with Crippen LogP contribution in [-0.4, -0.2) is 22.4 Å². The van der Waals surface area contributed by atoms with Crippen molar-refractivity contribution in [3.63, 3.8) is 0 Å². The smallest absolute Gasteiger partial charge is 0.271 e. The Morgan fingerprint density at radius 3 is 2.59 bits per heavy atom. The molecule has 1 heterocycles. The van der Waals surface area contributed by atoms with Gasteiger partial charge in [0.15, 0.2) is 0 Å². The van der Waals surface area contributed by atoms with Gasteiger partial charge in [-0.25, -0.2) is 14.4 Å². The summed E-state index contributed by atoms with van der Waals surface area (Å²) in [5.74, 6) is -0.0462. The molecule has 138 valence electrons. The Kier molecular flexibility index (Phi) is 5.76. The zero-order valence-corrected chi connectivity index (χ0v) is 15.3. The quantitative estimate of drug-likeness (QED) is 0.695. The molecule has 1 aromatic heterocycles. The van der Waals surface area contributed by atoms with E-state index in [1.165, 1.54) is 24.0 Å². The molecule has 0 unspecified atom stereocenters. The summed E-state index contributed by atoms with van der Waals surface area (Å²) in [6.45, 7) is 4.38. The Hall–Kier alpha value is -3.28. The van der Waals surface area contributed by atoms with E-state index >= 15 is 0 Å². The van der Waals surface area contributed by atoms with Crippen molar-refractivity contribution in [3.8, 4) is 0 Å². The number of carbonyl (C=O) groups is 1. The first-order chi connectivity index (χ1) is 13.0. The van der Waals surface area contributed by atoms with Crippen LogP contribution in [0.1, 0.15) is 27.2 Å². The topological polar surface area (TPSA) is 66.9 Å². The lowest BCUT2D eigenvalue weighted by atomic mass is 10.1. The van der Waals surface area contributed by atoms with Gasteiger partial charge in [-0.15, -0.1) is 0 Å². The summed E-state index contributed by atoms with van der Waals surface area (Å²) in [5, 5.41) is 5.92. The number of amides is 1. The fraction of sp³-hybridized carbons (Fsp3) is 0.190. The maximum atomic E-state index is 13.6. The average Bonchev–Trinajstić information content (AvgIpc) is 2.66. The molecule has 2 N–H and O–H groups in total. The summed E-state index contributed by atoms with van der Waals surface area (Å²) in [6, 6.07) is 12.6. The summed E-state index contributed by atoms with van der Waals surface area (Å²) in [5.41, 5.74) is 4.02. The van der Waals surface area contributed by atoms with Gasteiger partial charge in [0, 0.05) is 12.2 Å². The lowest BCUT2D eigenvalue weighted by Crippen LogP contribution is -2.26. The van der Waals surface area contributed by atoms with Gasteiger partial charge in [-0.05, 0) is 43.5 Å². The Bertz CT molecular complexity index is 941. The van der Waals surface area contributed by atoms with E-state index in [0.717, 1.165) is 11.3 Å². The molecule has 0 fully saturated rings. The monoisotopic (exact) mass is 364 g/mol. The lowest BCUT2D eigenvalue weighted by Gasteiger charge is -2.10. The number of aromatic nitrogens is 2. The number of aryl methyl sites for hydroxylation is 2. The molecule has 0 radical (unpaired) electrons. The molecular formula is C21H21FN4O. The molecule has 5 nitrogen and oxygen atoms in total. The molecule has 0 bridgehead atoms. The van der Waals surface area contributed by atoms with Crippen LogP contribution in [0.15, 0.2) is 54.9 Å². The molecule has 0 aliphatic heterocycles. The van der Waals surface area contributed by atoms with Crippen LogP contribution in [0.4, 0.5) is 15.9 Å².